The van der Waals surface area contributed by atoms with E-state index in [1.54, 1.807) is 0 Å². The second-order valence-electron chi connectivity index (χ2n) is 24.8. The van der Waals surface area contributed by atoms with Crippen LogP contribution in [0, 0.1) is 0 Å². The second kappa shape index (κ2) is 16.7. The molecule has 0 aliphatic carbocycles. The van der Waals surface area contributed by atoms with E-state index < -0.39 is 0 Å². The minimum absolute atomic E-state index is 0.0235. The number of hydrogen-bond donors (Lipinski definition) is 1. The highest BCUT2D eigenvalue weighted by molar-refractivity contribution is 7.31. The molecule has 4 heterocycles. The fourth-order valence-corrected chi connectivity index (χ4v) is 13.7. The fraction of sp³-hybridized carbons (Fsp3) is 0.254. The van der Waals surface area contributed by atoms with E-state index in [0.717, 1.165) is 28.4 Å². The van der Waals surface area contributed by atoms with Crippen LogP contribution in [0.25, 0.3) is 68.9 Å². The summed E-state index contributed by atoms with van der Waals surface area (Å²) in [4.78, 5) is 2.43. The second-order valence-corrected chi connectivity index (χ2v) is 27.0. The van der Waals surface area contributed by atoms with E-state index in [4.69, 9.17) is 0 Å². The Hall–Kier alpha value is -6.60. The fourth-order valence-electron chi connectivity index (χ4n) is 11.4. The molecule has 0 saturated heterocycles. The van der Waals surface area contributed by atoms with Gasteiger partial charge in [-0.1, -0.05) is 169 Å². The van der Waals surface area contributed by atoms with Crippen LogP contribution in [-0.4, -0.2) is 11.3 Å². The first-order valence-electron chi connectivity index (χ1n) is 26.1. The minimum Gasteiger partial charge on any atom is -0.355 e. The van der Waals surface area contributed by atoms with E-state index in [-0.39, 0.29) is 28.4 Å². The molecule has 0 unspecified atom stereocenters. The van der Waals surface area contributed by atoms with E-state index in [0.29, 0.717) is 0 Å². The van der Waals surface area contributed by atoms with Crippen molar-refractivity contribution in [2.75, 3.05) is 10.2 Å². The Morgan fingerprint density at radius 1 is 0.438 bits per heavy atom. The molecule has 0 saturated carbocycles. The molecule has 11 aromatic rings. The van der Waals surface area contributed by atoms with Crippen molar-refractivity contribution in [3.05, 3.63) is 180 Å². The maximum Gasteiger partial charge on any atom is 0.225 e. The maximum absolute atomic E-state index is 4.05. The number of benzene rings is 8. The zero-order valence-corrected chi connectivity index (χ0v) is 46.4. The van der Waals surface area contributed by atoms with Gasteiger partial charge in [0, 0.05) is 85.3 Å². The van der Waals surface area contributed by atoms with Crippen LogP contribution in [0.1, 0.15) is 105 Å². The molecule has 1 aliphatic heterocycles. The van der Waals surface area contributed by atoms with Gasteiger partial charge < -0.3 is 14.8 Å². The highest BCUT2D eigenvalue weighted by atomic mass is 32.1. The number of anilines is 5. The lowest BCUT2D eigenvalue weighted by Crippen LogP contribution is -2.44. The van der Waals surface area contributed by atoms with Gasteiger partial charge in [-0.05, 0) is 134 Å². The summed E-state index contributed by atoms with van der Waals surface area (Å²) in [5.41, 5.74) is 18.7. The molecule has 3 nitrogen and oxygen atoms in total. The Kier molecular flexibility index (Phi) is 10.9. The van der Waals surface area contributed by atoms with Crippen LogP contribution < -0.4 is 20.5 Å². The van der Waals surface area contributed by atoms with E-state index in [9.17, 15) is 0 Å². The molecule has 8 aromatic carbocycles. The minimum atomic E-state index is 0.0235. The normalized spacial score (nSPS) is 13.2. The molecular weight excluding hydrogens is 922 g/mol. The molecule has 364 valence electrons. The zero-order chi connectivity index (χ0) is 51.1. The van der Waals surface area contributed by atoms with E-state index in [1.807, 2.05) is 22.7 Å². The number of nitrogens with one attached hydrogen (secondary N) is 1. The van der Waals surface area contributed by atoms with Crippen LogP contribution in [-0.2, 0) is 21.7 Å². The Bertz CT molecular complexity index is 3910. The van der Waals surface area contributed by atoms with Crippen LogP contribution in [0.5, 0.6) is 0 Å². The smallest absolute Gasteiger partial charge is 0.225 e. The Morgan fingerprint density at radius 3 is 1.60 bits per heavy atom. The Balaban J connectivity index is 1.12. The SMILES string of the molecule is CB1c2sc3ccc(C(C)(C)C)cc3c2-n2c3cc4sc5ccccc5c4cc3c3ccc(-c4ccc(N(c5ccc(C(C)(C)C)cc5)c5ccc(C(C)(C)C)cc5)cc4Nc4ccc(C(C)(C)C)cc4)c1c32. The van der Waals surface area contributed by atoms with Gasteiger partial charge in [0.25, 0.3) is 0 Å². The Labute approximate surface area is 440 Å². The third kappa shape index (κ3) is 7.99. The van der Waals surface area contributed by atoms with E-state index in [2.05, 4.69) is 262 Å². The topological polar surface area (TPSA) is 20.2 Å². The highest BCUT2D eigenvalue weighted by Crippen LogP contribution is 2.47. The summed E-state index contributed by atoms with van der Waals surface area (Å²) in [6.07, 6.45) is 0. The first kappa shape index (κ1) is 47.4. The highest BCUT2D eigenvalue weighted by Gasteiger charge is 2.36. The van der Waals surface area contributed by atoms with Gasteiger partial charge in [0.1, 0.15) is 0 Å². The Morgan fingerprint density at radius 2 is 0.986 bits per heavy atom. The van der Waals surface area contributed by atoms with Crippen molar-refractivity contribution in [2.24, 2.45) is 0 Å². The number of hydrogen-bond acceptors (Lipinski definition) is 4. The lowest BCUT2D eigenvalue weighted by atomic mass is 9.43. The van der Waals surface area contributed by atoms with E-state index in [1.165, 1.54) is 101 Å². The van der Waals surface area contributed by atoms with Crippen LogP contribution in [0.3, 0.4) is 0 Å². The third-order valence-corrected chi connectivity index (χ3v) is 18.1. The molecule has 1 N–H and O–H groups in total. The summed E-state index contributed by atoms with van der Waals surface area (Å²) in [5, 5.41) is 10.7. The van der Waals surface area contributed by atoms with Gasteiger partial charge >= 0.3 is 0 Å². The molecule has 0 radical (unpaired) electrons. The van der Waals surface area contributed by atoms with Gasteiger partial charge in [0.15, 0.2) is 0 Å². The molecule has 0 amide bonds. The van der Waals surface area contributed by atoms with Gasteiger partial charge in [-0.25, -0.2) is 0 Å². The number of rotatable bonds is 6. The molecule has 73 heavy (non-hydrogen) atoms. The predicted octanol–water partition coefficient (Wildman–Crippen LogP) is 19.0. The van der Waals surface area contributed by atoms with Crippen molar-refractivity contribution >= 4 is 120 Å². The van der Waals surface area contributed by atoms with Crippen molar-refractivity contribution in [3.63, 3.8) is 0 Å². The monoisotopic (exact) mass is 987 g/mol. The average Bonchev–Trinajstić information content (AvgIpc) is 4.01. The van der Waals surface area contributed by atoms with E-state index >= 15 is 0 Å². The van der Waals surface area contributed by atoms with Crippen LogP contribution in [0.15, 0.2) is 158 Å². The summed E-state index contributed by atoms with van der Waals surface area (Å²) in [6.45, 7) is 30.2. The summed E-state index contributed by atoms with van der Waals surface area (Å²) in [7, 11) is 0. The molecule has 6 heteroatoms. The number of nitrogens with zero attached hydrogens (tertiary/aromatic N) is 2. The van der Waals surface area contributed by atoms with Crippen molar-refractivity contribution in [1.82, 2.24) is 4.57 Å². The largest absolute Gasteiger partial charge is 0.355 e. The van der Waals surface area contributed by atoms with Gasteiger partial charge in [-0.2, -0.15) is 0 Å². The summed E-state index contributed by atoms with van der Waals surface area (Å²) in [5.74, 6) is 0. The van der Waals surface area contributed by atoms with Crippen LogP contribution in [0.2, 0.25) is 6.82 Å². The lowest BCUT2D eigenvalue weighted by molar-refractivity contribution is 0.590. The maximum atomic E-state index is 4.05. The average molecular weight is 988 g/mol. The standard InChI is InChI=1S/C67H66BN3S2/c1-64(2,3)40-18-25-44(26-19-40)69-55-37-47(70(45-27-20-41(21-28-45)65(4,5)6)46-29-22-42(23-30-46)66(7,8)9)31-32-48(55)50-33-34-51-52-38-53-49-16-14-15-17-57(49)72-59(53)39-56(52)71-61(51)60(50)68(13)63-62(71)54-36-43(67(10,11)12)24-35-58(54)73-63/h14-39,69H,1-13H3. The van der Waals surface area contributed by atoms with Gasteiger partial charge in [0.2, 0.25) is 6.71 Å². The molecule has 1 aliphatic rings. The summed E-state index contributed by atoms with van der Waals surface area (Å²) in [6, 6.07) is 60.6. The number of fused-ring (bicyclic) bond motifs is 10. The number of aromatic nitrogens is 1. The molecule has 0 atom stereocenters. The molecule has 0 bridgehead atoms. The first-order valence-corrected chi connectivity index (χ1v) is 27.8. The van der Waals surface area contributed by atoms with Crippen molar-refractivity contribution in [2.45, 2.75) is 112 Å². The molecule has 0 fully saturated rings. The van der Waals surface area contributed by atoms with Crippen LogP contribution in [0.4, 0.5) is 28.4 Å². The lowest BCUT2D eigenvalue weighted by Gasteiger charge is -2.29. The molecular formula is C67H66BN3S2. The number of thiophene rings is 2. The van der Waals surface area contributed by atoms with Crippen molar-refractivity contribution in [1.29, 1.82) is 0 Å². The van der Waals surface area contributed by atoms with Gasteiger partial charge in [-0.15, -0.1) is 22.7 Å². The van der Waals surface area contributed by atoms with Crippen molar-refractivity contribution < 1.29 is 0 Å². The van der Waals surface area contributed by atoms with Gasteiger partial charge in [0.05, 0.1) is 11.2 Å². The summed E-state index contributed by atoms with van der Waals surface area (Å²) >= 11 is 3.88. The third-order valence-electron chi connectivity index (χ3n) is 15.6. The summed E-state index contributed by atoms with van der Waals surface area (Å²) < 4.78 is 8.09. The van der Waals surface area contributed by atoms with Crippen molar-refractivity contribution in [3.8, 4) is 16.8 Å². The predicted molar refractivity (Wildman–Crippen MR) is 325 cm³/mol. The molecule has 0 spiro atoms. The van der Waals surface area contributed by atoms with Crippen LogP contribution >= 0.6 is 22.7 Å². The van der Waals surface area contributed by atoms with Gasteiger partial charge in [-0.3, -0.25) is 0 Å². The first-order chi connectivity index (χ1) is 34.6. The zero-order valence-electron chi connectivity index (χ0n) is 44.8. The molecule has 12 rings (SSSR count). The quantitative estimate of drug-likeness (QED) is 0.168. The molecule has 3 aromatic heterocycles.